The molecule has 0 heterocycles. The van der Waals surface area contributed by atoms with Crippen molar-refractivity contribution in [1.29, 1.82) is 0 Å². The zero-order chi connectivity index (χ0) is 15.9. The molecule has 4 heteroatoms. The third kappa shape index (κ3) is 4.79. The topological polar surface area (TPSA) is 29.1 Å². The second kappa shape index (κ2) is 8.25. The molecule has 0 aliphatic rings. The number of halogens is 1. The van der Waals surface area contributed by atoms with Crippen molar-refractivity contribution in [2.24, 2.45) is 0 Å². The van der Waals surface area contributed by atoms with Gasteiger partial charge in [-0.25, -0.2) is 0 Å². The summed E-state index contributed by atoms with van der Waals surface area (Å²) in [6, 6.07) is 17.7. The maximum absolute atomic E-state index is 12.1. The fourth-order valence-corrected chi connectivity index (χ4v) is 3.34. The number of nitrogens with one attached hydrogen (secondary N) is 1. The van der Waals surface area contributed by atoms with Crippen LogP contribution in [0, 0.1) is 0 Å². The SMILES string of the molecule is C[C@H](NC(=O)CS[C@H](C)c1ccccc1)c1ccccc1Cl. The molecular formula is C18H20ClNOS. The van der Waals surface area contributed by atoms with E-state index in [-0.39, 0.29) is 11.9 Å². The number of benzene rings is 2. The lowest BCUT2D eigenvalue weighted by atomic mass is 10.1. The van der Waals surface area contributed by atoms with E-state index in [1.807, 2.05) is 49.4 Å². The van der Waals surface area contributed by atoms with E-state index >= 15 is 0 Å². The number of carbonyl (C=O) groups is 1. The normalized spacial score (nSPS) is 13.4. The van der Waals surface area contributed by atoms with Crippen LogP contribution in [-0.4, -0.2) is 11.7 Å². The molecular weight excluding hydrogens is 314 g/mol. The van der Waals surface area contributed by atoms with Gasteiger partial charge in [0.2, 0.25) is 5.91 Å². The van der Waals surface area contributed by atoms with Gasteiger partial charge in [-0.15, -0.1) is 11.8 Å². The number of rotatable bonds is 6. The zero-order valence-electron chi connectivity index (χ0n) is 12.8. The summed E-state index contributed by atoms with van der Waals surface area (Å²) in [6.07, 6.45) is 0. The van der Waals surface area contributed by atoms with Crippen LogP contribution in [0.2, 0.25) is 5.02 Å². The van der Waals surface area contributed by atoms with Crippen LogP contribution in [0.25, 0.3) is 0 Å². The van der Waals surface area contributed by atoms with Gasteiger partial charge in [0, 0.05) is 10.3 Å². The largest absolute Gasteiger partial charge is 0.349 e. The van der Waals surface area contributed by atoms with Crippen molar-refractivity contribution in [3.05, 3.63) is 70.7 Å². The van der Waals surface area contributed by atoms with Gasteiger partial charge in [-0.05, 0) is 31.0 Å². The van der Waals surface area contributed by atoms with Gasteiger partial charge in [0.15, 0.2) is 0 Å². The van der Waals surface area contributed by atoms with Crippen LogP contribution >= 0.6 is 23.4 Å². The van der Waals surface area contributed by atoms with Crippen LogP contribution in [0.15, 0.2) is 54.6 Å². The first-order valence-electron chi connectivity index (χ1n) is 7.28. The molecule has 0 unspecified atom stereocenters. The highest BCUT2D eigenvalue weighted by Crippen LogP contribution is 2.28. The molecule has 0 saturated carbocycles. The average Bonchev–Trinajstić information content (AvgIpc) is 2.53. The van der Waals surface area contributed by atoms with Crippen molar-refractivity contribution in [2.45, 2.75) is 25.1 Å². The smallest absolute Gasteiger partial charge is 0.230 e. The van der Waals surface area contributed by atoms with E-state index in [0.29, 0.717) is 16.0 Å². The molecule has 0 radical (unpaired) electrons. The minimum Gasteiger partial charge on any atom is -0.349 e. The Bertz CT molecular complexity index is 617. The molecule has 2 atom stereocenters. The summed E-state index contributed by atoms with van der Waals surface area (Å²) in [4.78, 5) is 12.1. The minimum absolute atomic E-state index is 0.0280. The first kappa shape index (κ1) is 16.9. The Hall–Kier alpha value is -1.45. The predicted molar refractivity (Wildman–Crippen MR) is 95.3 cm³/mol. The molecule has 0 aliphatic carbocycles. The number of thioether (sulfide) groups is 1. The van der Waals surface area contributed by atoms with Crippen molar-refractivity contribution in [3.8, 4) is 0 Å². The molecule has 0 aromatic heterocycles. The summed E-state index contributed by atoms with van der Waals surface area (Å²) in [5.74, 6) is 0.463. The Kier molecular flexibility index (Phi) is 6.34. The Morgan fingerprint density at radius 1 is 1.09 bits per heavy atom. The van der Waals surface area contributed by atoms with Crippen LogP contribution in [-0.2, 0) is 4.79 Å². The molecule has 22 heavy (non-hydrogen) atoms. The van der Waals surface area contributed by atoms with Crippen LogP contribution < -0.4 is 5.32 Å². The van der Waals surface area contributed by atoms with E-state index in [9.17, 15) is 4.79 Å². The number of hydrogen-bond acceptors (Lipinski definition) is 2. The molecule has 116 valence electrons. The highest BCUT2D eigenvalue weighted by Gasteiger charge is 2.14. The van der Waals surface area contributed by atoms with Gasteiger partial charge in [0.1, 0.15) is 0 Å². The molecule has 0 spiro atoms. The fraction of sp³-hybridized carbons (Fsp3) is 0.278. The van der Waals surface area contributed by atoms with Crippen molar-refractivity contribution in [3.63, 3.8) is 0 Å². The van der Waals surface area contributed by atoms with Crippen LogP contribution in [0.4, 0.5) is 0 Å². The van der Waals surface area contributed by atoms with Gasteiger partial charge in [-0.3, -0.25) is 4.79 Å². The Balaban J connectivity index is 1.84. The lowest BCUT2D eigenvalue weighted by molar-refractivity contribution is -0.119. The summed E-state index contributed by atoms with van der Waals surface area (Å²) in [6.45, 7) is 4.06. The number of hydrogen-bond donors (Lipinski definition) is 1. The molecule has 2 aromatic carbocycles. The lowest BCUT2D eigenvalue weighted by Gasteiger charge is -2.17. The van der Waals surface area contributed by atoms with E-state index in [2.05, 4.69) is 24.4 Å². The Morgan fingerprint density at radius 2 is 1.73 bits per heavy atom. The van der Waals surface area contributed by atoms with E-state index in [1.165, 1.54) is 5.56 Å². The Labute approximate surface area is 141 Å². The van der Waals surface area contributed by atoms with Gasteiger partial charge in [-0.2, -0.15) is 0 Å². The van der Waals surface area contributed by atoms with Crippen LogP contribution in [0.3, 0.4) is 0 Å². The molecule has 0 fully saturated rings. The summed E-state index contributed by atoms with van der Waals surface area (Å²) in [5, 5.41) is 3.97. The van der Waals surface area contributed by atoms with Crippen molar-refractivity contribution in [2.75, 3.05) is 5.75 Å². The van der Waals surface area contributed by atoms with Crippen molar-refractivity contribution >= 4 is 29.3 Å². The third-order valence-corrected chi connectivity index (χ3v) is 5.03. The predicted octanol–water partition coefficient (Wildman–Crippen LogP) is 5.01. The Morgan fingerprint density at radius 3 is 2.41 bits per heavy atom. The summed E-state index contributed by atoms with van der Waals surface area (Å²) in [5.41, 5.74) is 2.18. The van der Waals surface area contributed by atoms with E-state index in [4.69, 9.17) is 11.6 Å². The quantitative estimate of drug-likeness (QED) is 0.805. The standard InChI is InChI=1S/C18H20ClNOS/c1-13(16-10-6-7-11-17(16)19)20-18(21)12-22-14(2)15-8-4-3-5-9-15/h3-11,13-14H,12H2,1-2H3,(H,20,21)/t13-,14+/m0/s1. The minimum atomic E-state index is -0.0890. The highest BCUT2D eigenvalue weighted by atomic mass is 35.5. The molecule has 0 bridgehead atoms. The third-order valence-electron chi connectivity index (χ3n) is 3.48. The molecule has 2 nitrogen and oxygen atoms in total. The average molecular weight is 334 g/mol. The van der Waals surface area contributed by atoms with Gasteiger partial charge in [0.25, 0.3) is 0 Å². The zero-order valence-corrected chi connectivity index (χ0v) is 14.3. The molecule has 0 saturated heterocycles. The second-order valence-corrected chi connectivity index (χ2v) is 6.91. The first-order chi connectivity index (χ1) is 10.6. The van der Waals surface area contributed by atoms with Gasteiger partial charge < -0.3 is 5.32 Å². The number of amides is 1. The molecule has 2 aromatic rings. The first-order valence-corrected chi connectivity index (χ1v) is 8.71. The monoisotopic (exact) mass is 333 g/mol. The lowest BCUT2D eigenvalue weighted by Crippen LogP contribution is -2.28. The van der Waals surface area contributed by atoms with Gasteiger partial charge in [-0.1, -0.05) is 60.1 Å². The van der Waals surface area contributed by atoms with Crippen LogP contribution in [0.5, 0.6) is 0 Å². The van der Waals surface area contributed by atoms with Gasteiger partial charge >= 0.3 is 0 Å². The molecule has 1 N–H and O–H groups in total. The maximum atomic E-state index is 12.1. The molecule has 0 aliphatic heterocycles. The van der Waals surface area contributed by atoms with Crippen molar-refractivity contribution < 1.29 is 4.79 Å². The summed E-state index contributed by atoms with van der Waals surface area (Å²) < 4.78 is 0. The summed E-state index contributed by atoms with van der Waals surface area (Å²) in [7, 11) is 0. The maximum Gasteiger partial charge on any atom is 0.230 e. The van der Waals surface area contributed by atoms with E-state index in [1.54, 1.807) is 11.8 Å². The second-order valence-electron chi connectivity index (χ2n) is 5.17. The van der Waals surface area contributed by atoms with Gasteiger partial charge in [0.05, 0.1) is 11.8 Å². The van der Waals surface area contributed by atoms with Crippen molar-refractivity contribution in [1.82, 2.24) is 5.32 Å². The molecule has 2 rings (SSSR count). The fourth-order valence-electron chi connectivity index (χ4n) is 2.21. The van der Waals surface area contributed by atoms with Crippen LogP contribution in [0.1, 0.15) is 36.3 Å². The number of carbonyl (C=O) groups excluding carboxylic acids is 1. The highest BCUT2D eigenvalue weighted by molar-refractivity contribution is 8.00. The summed E-state index contributed by atoms with van der Waals surface area (Å²) >= 11 is 7.79. The molecule has 1 amide bonds. The van der Waals surface area contributed by atoms with E-state index in [0.717, 1.165) is 5.56 Å². The van der Waals surface area contributed by atoms with E-state index < -0.39 is 0 Å².